The van der Waals surface area contributed by atoms with E-state index in [9.17, 15) is 13.2 Å². The van der Waals surface area contributed by atoms with E-state index < -0.39 is 16.1 Å². The van der Waals surface area contributed by atoms with Crippen molar-refractivity contribution in [3.63, 3.8) is 0 Å². The molecule has 1 unspecified atom stereocenters. The van der Waals surface area contributed by atoms with Crippen LogP contribution in [0.4, 0.5) is 5.69 Å². The van der Waals surface area contributed by atoms with E-state index in [4.69, 9.17) is 0 Å². The van der Waals surface area contributed by atoms with Crippen molar-refractivity contribution in [2.24, 2.45) is 0 Å². The van der Waals surface area contributed by atoms with Gasteiger partial charge in [-0.3, -0.25) is 9.10 Å². The Morgan fingerprint density at radius 1 is 1.08 bits per heavy atom. The van der Waals surface area contributed by atoms with Crippen molar-refractivity contribution < 1.29 is 13.2 Å². The zero-order chi connectivity index (χ0) is 18.5. The molecule has 0 saturated carbocycles. The SMILES string of the molecule is CCC(CC)NC(=O)C(CC)N(c1ccc(C)c(C)c1)S(C)(=O)=O. The first kappa shape index (κ1) is 20.5. The number of amides is 1. The molecular formula is C18H30N2O3S. The molecule has 0 bridgehead atoms. The molecule has 1 aromatic carbocycles. The van der Waals surface area contributed by atoms with Gasteiger partial charge in [-0.1, -0.05) is 26.8 Å². The fraction of sp³-hybridized carbons (Fsp3) is 0.611. The van der Waals surface area contributed by atoms with Crippen LogP contribution >= 0.6 is 0 Å². The zero-order valence-corrected chi connectivity index (χ0v) is 16.4. The molecule has 1 aromatic rings. The fourth-order valence-corrected chi connectivity index (χ4v) is 3.92. The maximum absolute atomic E-state index is 12.7. The van der Waals surface area contributed by atoms with Crippen LogP contribution in [0, 0.1) is 13.8 Å². The average molecular weight is 355 g/mol. The minimum atomic E-state index is -3.58. The summed E-state index contributed by atoms with van der Waals surface area (Å²) in [6, 6.07) is 4.78. The van der Waals surface area contributed by atoms with Crippen molar-refractivity contribution in [2.75, 3.05) is 10.6 Å². The molecule has 136 valence electrons. The molecule has 0 aliphatic heterocycles. The maximum atomic E-state index is 12.7. The molecule has 0 aliphatic rings. The Hall–Kier alpha value is -1.56. The van der Waals surface area contributed by atoms with E-state index in [1.807, 2.05) is 46.8 Å². The predicted octanol–water partition coefficient (Wildman–Crippen LogP) is 3.15. The van der Waals surface area contributed by atoms with Crippen molar-refractivity contribution in [3.8, 4) is 0 Å². The van der Waals surface area contributed by atoms with Crippen LogP contribution in [0.25, 0.3) is 0 Å². The van der Waals surface area contributed by atoms with Crippen LogP contribution in [0.1, 0.15) is 51.2 Å². The molecule has 24 heavy (non-hydrogen) atoms. The summed E-state index contributed by atoms with van der Waals surface area (Å²) in [6.45, 7) is 9.75. The van der Waals surface area contributed by atoms with Gasteiger partial charge >= 0.3 is 0 Å². The summed E-state index contributed by atoms with van der Waals surface area (Å²) in [6.07, 6.45) is 3.20. The number of carbonyl (C=O) groups is 1. The van der Waals surface area contributed by atoms with E-state index in [1.54, 1.807) is 6.07 Å². The first-order valence-corrected chi connectivity index (χ1v) is 10.4. The number of sulfonamides is 1. The zero-order valence-electron chi connectivity index (χ0n) is 15.6. The number of nitrogens with zero attached hydrogens (tertiary/aromatic N) is 1. The van der Waals surface area contributed by atoms with Crippen LogP contribution < -0.4 is 9.62 Å². The van der Waals surface area contributed by atoms with Gasteiger partial charge in [0, 0.05) is 6.04 Å². The molecule has 1 atom stereocenters. The van der Waals surface area contributed by atoms with Gasteiger partial charge in [0.2, 0.25) is 15.9 Å². The quantitative estimate of drug-likeness (QED) is 0.780. The third-order valence-corrected chi connectivity index (χ3v) is 5.59. The van der Waals surface area contributed by atoms with Crippen LogP contribution in [-0.4, -0.2) is 32.7 Å². The van der Waals surface area contributed by atoms with Gasteiger partial charge in [-0.2, -0.15) is 0 Å². The summed E-state index contributed by atoms with van der Waals surface area (Å²) in [5.74, 6) is -0.241. The second-order valence-electron chi connectivity index (χ2n) is 6.27. The van der Waals surface area contributed by atoms with Gasteiger partial charge in [-0.25, -0.2) is 8.42 Å². The molecular weight excluding hydrogens is 324 g/mol. The van der Waals surface area contributed by atoms with Crippen molar-refractivity contribution in [2.45, 2.75) is 66.0 Å². The first-order chi connectivity index (χ1) is 11.1. The van der Waals surface area contributed by atoms with Crippen molar-refractivity contribution in [1.82, 2.24) is 5.32 Å². The fourth-order valence-electron chi connectivity index (χ4n) is 2.71. The number of nitrogens with one attached hydrogen (secondary N) is 1. The van der Waals surface area contributed by atoms with Gasteiger partial charge in [0.15, 0.2) is 0 Å². The molecule has 0 heterocycles. The second kappa shape index (κ2) is 8.51. The lowest BCUT2D eigenvalue weighted by molar-refractivity contribution is -0.123. The van der Waals surface area contributed by atoms with Gasteiger partial charge in [0.25, 0.3) is 0 Å². The van der Waals surface area contributed by atoms with Gasteiger partial charge < -0.3 is 5.32 Å². The highest BCUT2D eigenvalue weighted by Crippen LogP contribution is 2.25. The average Bonchev–Trinajstić information content (AvgIpc) is 2.51. The largest absolute Gasteiger partial charge is 0.352 e. The summed E-state index contributed by atoms with van der Waals surface area (Å²) in [7, 11) is -3.58. The van der Waals surface area contributed by atoms with E-state index in [0.29, 0.717) is 12.1 Å². The lowest BCUT2D eigenvalue weighted by Gasteiger charge is -2.31. The van der Waals surface area contributed by atoms with Crippen LogP contribution in [0.3, 0.4) is 0 Å². The Balaban J connectivity index is 3.27. The molecule has 0 fully saturated rings. The van der Waals surface area contributed by atoms with Gasteiger partial charge in [0.05, 0.1) is 11.9 Å². The highest BCUT2D eigenvalue weighted by molar-refractivity contribution is 7.92. The lowest BCUT2D eigenvalue weighted by Crippen LogP contribution is -2.51. The Morgan fingerprint density at radius 2 is 1.67 bits per heavy atom. The third kappa shape index (κ3) is 4.97. The van der Waals surface area contributed by atoms with Crippen molar-refractivity contribution >= 4 is 21.6 Å². The van der Waals surface area contributed by atoms with Crippen LogP contribution in [0.2, 0.25) is 0 Å². The molecule has 1 rings (SSSR count). The molecule has 1 N–H and O–H groups in total. The van der Waals surface area contributed by atoms with Gasteiger partial charge in [-0.15, -0.1) is 0 Å². The highest BCUT2D eigenvalue weighted by atomic mass is 32.2. The number of carbonyl (C=O) groups excluding carboxylic acids is 1. The standard InChI is InChI=1S/C18H30N2O3S/c1-7-15(8-2)19-18(21)17(9-3)20(24(6,22)23)16-11-10-13(4)14(5)12-16/h10-12,15,17H,7-9H2,1-6H3,(H,19,21). The van der Waals surface area contributed by atoms with E-state index in [-0.39, 0.29) is 11.9 Å². The molecule has 0 aliphatic carbocycles. The minimum Gasteiger partial charge on any atom is -0.352 e. The van der Waals surface area contributed by atoms with Crippen molar-refractivity contribution in [3.05, 3.63) is 29.3 Å². The summed E-state index contributed by atoms with van der Waals surface area (Å²) in [5.41, 5.74) is 2.62. The Morgan fingerprint density at radius 3 is 2.08 bits per heavy atom. The Bertz CT molecular complexity index is 667. The molecule has 0 aromatic heterocycles. The normalized spacial score (nSPS) is 13.0. The van der Waals surface area contributed by atoms with Crippen LogP contribution in [-0.2, 0) is 14.8 Å². The first-order valence-electron chi connectivity index (χ1n) is 8.52. The summed E-state index contributed by atoms with van der Waals surface area (Å²) in [5, 5.41) is 2.97. The molecule has 0 saturated heterocycles. The number of anilines is 1. The smallest absolute Gasteiger partial charge is 0.244 e. The predicted molar refractivity (Wildman–Crippen MR) is 99.8 cm³/mol. The van der Waals surface area contributed by atoms with E-state index in [0.717, 1.165) is 30.2 Å². The molecule has 0 spiro atoms. The highest BCUT2D eigenvalue weighted by Gasteiger charge is 2.32. The number of hydrogen-bond acceptors (Lipinski definition) is 3. The van der Waals surface area contributed by atoms with E-state index in [2.05, 4.69) is 5.32 Å². The topological polar surface area (TPSA) is 66.5 Å². The number of hydrogen-bond donors (Lipinski definition) is 1. The van der Waals surface area contributed by atoms with E-state index in [1.165, 1.54) is 4.31 Å². The molecule has 1 amide bonds. The number of aryl methyl sites for hydroxylation is 2. The maximum Gasteiger partial charge on any atom is 0.244 e. The minimum absolute atomic E-state index is 0.0627. The molecule has 5 nitrogen and oxygen atoms in total. The number of rotatable bonds is 8. The molecule has 6 heteroatoms. The molecule has 0 radical (unpaired) electrons. The Labute approximate surface area is 146 Å². The lowest BCUT2D eigenvalue weighted by atomic mass is 10.1. The summed E-state index contributed by atoms with van der Waals surface area (Å²) in [4.78, 5) is 12.7. The third-order valence-electron chi connectivity index (χ3n) is 4.41. The summed E-state index contributed by atoms with van der Waals surface area (Å²) >= 11 is 0. The van der Waals surface area contributed by atoms with Gasteiger partial charge in [0.1, 0.15) is 6.04 Å². The second-order valence-corrected chi connectivity index (χ2v) is 8.13. The van der Waals surface area contributed by atoms with Gasteiger partial charge in [-0.05, 0) is 56.4 Å². The van der Waals surface area contributed by atoms with Crippen LogP contribution in [0.15, 0.2) is 18.2 Å². The van der Waals surface area contributed by atoms with E-state index >= 15 is 0 Å². The Kier molecular flexibility index (Phi) is 7.27. The van der Waals surface area contributed by atoms with Crippen LogP contribution in [0.5, 0.6) is 0 Å². The monoisotopic (exact) mass is 354 g/mol. The summed E-state index contributed by atoms with van der Waals surface area (Å²) < 4.78 is 26.1. The van der Waals surface area contributed by atoms with Crippen molar-refractivity contribution in [1.29, 1.82) is 0 Å². The number of benzene rings is 1.